The first-order chi connectivity index (χ1) is 9.51. The number of aryl methyl sites for hydroxylation is 1. The Kier molecular flexibility index (Phi) is 4.42. The SMILES string of the molecule is CCn1cc(NC(=O)c2nc(Cl)ccc2Cl)ccc1=O. The fourth-order valence-electron chi connectivity index (χ4n) is 1.62. The lowest BCUT2D eigenvalue weighted by Gasteiger charge is -2.08. The van der Waals surface area contributed by atoms with Crippen LogP contribution in [0, 0.1) is 0 Å². The summed E-state index contributed by atoms with van der Waals surface area (Å²) in [4.78, 5) is 27.4. The fourth-order valence-corrected chi connectivity index (χ4v) is 1.96. The number of rotatable bonds is 3. The number of nitrogens with one attached hydrogen (secondary N) is 1. The molecule has 7 heteroatoms. The van der Waals surface area contributed by atoms with Gasteiger partial charge in [0.15, 0.2) is 0 Å². The maximum absolute atomic E-state index is 12.1. The molecule has 0 aliphatic rings. The van der Waals surface area contributed by atoms with Crippen LogP contribution in [-0.2, 0) is 6.54 Å². The normalized spacial score (nSPS) is 10.3. The van der Waals surface area contributed by atoms with E-state index < -0.39 is 5.91 Å². The third-order valence-corrected chi connectivity index (χ3v) is 3.12. The van der Waals surface area contributed by atoms with Crippen LogP contribution in [0.15, 0.2) is 35.3 Å². The first-order valence-electron chi connectivity index (χ1n) is 5.85. The number of hydrogen-bond donors (Lipinski definition) is 1. The highest BCUT2D eigenvalue weighted by Gasteiger charge is 2.13. The van der Waals surface area contributed by atoms with Crippen molar-refractivity contribution in [3.05, 3.63) is 56.7 Å². The van der Waals surface area contributed by atoms with E-state index in [-0.39, 0.29) is 21.4 Å². The Morgan fingerprint density at radius 1 is 1.30 bits per heavy atom. The zero-order valence-electron chi connectivity index (χ0n) is 10.6. The molecule has 0 saturated heterocycles. The van der Waals surface area contributed by atoms with Crippen LogP contribution in [0.25, 0.3) is 0 Å². The number of pyridine rings is 2. The van der Waals surface area contributed by atoms with Crippen LogP contribution < -0.4 is 10.9 Å². The number of aromatic nitrogens is 2. The van der Waals surface area contributed by atoms with Gasteiger partial charge in [-0.05, 0) is 25.1 Å². The van der Waals surface area contributed by atoms with Crippen LogP contribution in [0.2, 0.25) is 10.2 Å². The molecular weight excluding hydrogens is 301 g/mol. The molecule has 2 aromatic heterocycles. The zero-order valence-corrected chi connectivity index (χ0v) is 12.1. The lowest BCUT2D eigenvalue weighted by molar-refractivity contribution is 0.102. The van der Waals surface area contributed by atoms with E-state index in [1.54, 1.807) is 6.20 Å². The monoisotopic (exact) mass is 311 g/mol. The molecule has 20 heavy (non-hydrogen) atoms. The Hall–Kier alpha value is -1.85. The van der Waals surface area contributed by atoms with Crippen molar-refractivity contribution in [2.24, 2.45) is 0 Å². The highest BCUT2D eigenvalue weighted by atomic mass is 35.5. The number of carbonyl (C=O) groups is 1. The summed E-state index contributed by atoms with van der Waals surface area (Å²) in [6, 6.07) is 5.90. The minimum Gasteiger partial charge on any atom is -0.319 e. The van der Waals surface area contributed by atoms with E-state index in [9.17, 15) is 9.59 Å². The van der Waals surface area contributed by atoms with Gasteiger partial charge >= 0.3 is 0 Å². The largest absolute Gasteiger partial charge is 0.319 e. The highest BCUT2D eigenvalue weighted by Crippen LogP contribution is 2.18. The van der Waals surface area contributed by atoms with E-state index >= 15 is 0 Å². The van der Waals surface area contributed by atoms with Gasteiger partial charge in [0.2, 0.25) is 0 Å². The van der Waals surface area contributed by atoms with Crippen molar-refractivity contribution in [2.45, 2.75) is 13.5 Å². The second-order valence-corrected chi connectivity index (χ2v) is 4.76. The van der Waals surface area contributed by atoms with Crippen molar-refractivity contribution in [1.29, 1.82) is 0 Å². The van der Waals surface area contributed by atoms with Crippen molar-refractivity contribution < 1.29 is 4.79 Å². The summed E-state index contributed by atoms with van der Waals surface area (Å²) >= 11 is 11.6. The molecule has 2 rings (SSSR count). The molecule has 0 unspecified atom stereocenters. The van der Waals surface area contributed by atoms with Crippen LogP contribution >= 0.6 is 23.2 Å². The number of carbonyl (C=O) groups excluding carboxylic acids is 1. The molecule has 0 atom stereocenters. The number of anilines is 1. The molecule has 2 aromatic rings. The van der Waals surface area contributed by atoms with Gasteiger partial charge in [-0.15, -0.1) is 0 Å². The second-order valence-electron chi connectivity index (χ2n) is 3.96. The first kappa shape index (κ1) is 14.6. The highest BCUT2D eigenvalue weighted by molar-refractivity contribution is 6.35. The molecule has 0 aliphatic carbocycles. The van der Waals surface area contributed by atoms with Crippen molar-refractivity contribution >= 4 is 34.8 Å². The van der Waals surface area contributed by atoms with Crippen LogP contribution in [-0.4, -0.2) is 15.5 Å². The number of halogens is 2. The fraction of sp³-hybridized carbons (Fsp3) is 0.154. The summed E-state index contributed by atoms with van der Waals surface area (Å²) in [5.74, 6) is -0.487. The minimum absolute atomic E-state index is 0.0356. The smallest absolute Gasteiger partial charge is 0.275 e. The van der Waals surface area contributed by atoms with E-state index in [0.717, 1.165) is 0 Å². The standard InChI is InChI=1S/C13H11Cl2N3O2/c1-2-18-7-8(3-6-11(18)19)16-13(20)12-9(14)4-5-10(15)17-12/h3-7H,2H2,1H3,(H,16,20). The predicted octanol–water partition coefficient (Wildman–Crippen LogP) is 2.82. The van der Waals surface area contributed by atoms with Crippen molar-refractivity contribution in [2.75, 3.05) is 5.32 Å². The summed E-state index contributed by atoms with van der Waals surface area (Å²) < 4.78 is 1.47. The van der Waals surface area contributed by atoms with Gasteiger partial charge in [-0.1, -0.05) is 23.2 Å². The topological polar surface area (TPSA) is 64.0 Å². The summed E-state index contributed by atoms with van der Waals surface area (Å²) in [5.41, 5.74) is 0.382. The predicted molar refractivity (Wildman–Crippen MR) is 78.6 cm³/mol. The molecule has 0 spiro atoms. The van der Waals surface area contributed by atoms with Crippen LogP contribution in [0.3, 0.4) is 0 Å². The average Bonchev–Trinajstić information content (AvgIpc) is 2.43. The van der Waals surface area contributed by atoms with Crippen molar-refractivity contribution in [3.63, 3.8) is 0 Å². The molecule has 0 bridgehead atoms. The van der Waals surface area contributed by atoms with Gasteiger partial charge in [0, 0.05) is 18.8 Å². The second kappa shape index (κ2) is 6.07. The molecule has 0 aromatic carbocycles. The number of nitrogens with zero attached hydrogens (tertiary/aromatic N) is 2. The third-order valence-electron chi connectivity index (χ3n) is 2.61. The van der Waals surface area contributed by atoms with Crippen LogP contribution in [0.4, 0.5) is 5.69 Å². The van der Waals surface area contributed by atoms with Gasteiger partial charge in [-0.2, -0.15) is 0 Å². The molecular formula is C13H11Cl2N3O2. The minimum atomic E-state index is -0.487. The summed E-state index contributed by atoms with van der Waals surface area (Å²) in [5, 5.41) is 3.01. The molecule has 0 saturated carbocycles. The molecule has 1 amide bonds. The summed E-state index contributed by atoms with van der Waals surface area (Å²) in [6.45, 7) is 2.35. The maximum Gasteiger partial charge on any atom is 0.275 e. The summed E-state index contributed by atoms with van der Waals surface area (Å²) in [7, 11) is 0. The van der Waals surface area contributed by atoms with E-state index in [1.165, 1.54) is 28.8 Å². The lowest BCUT2D eigenvalue weighted by atomic mass is 10.3. The van der Waals surface area contributed by atoms with Gasteiger partial charge < -0.3 is 9.88 Å². The van der Waals surface area contributed by atoms with Crippen LogP contribution in [0.1, 0.15) is 17.4 Å². The number of amides is 1. The van der Waals surface area contributed by atoms with E-state index in [1.807, 2.05) is 6.92 Å². The Balaban J connectivity index is 2.28. The van der Waals surface area contributed by atoms with Gasteiger partial charge in [-0.3, -0.25) is 9.59 Å². The molecule has 2 heterocycles. The summed E-state index contributed by atoms with van der Waals surface area (Å²) in [6.07, 6.45) is 1.55. The Labute approximate surface area is 125 Å². The maximum atomic E-state index is 12.1. The van der Waals surface area contributed by atoms with E-state index in [0.29, 0.717) is 12.2 Å². The van der Waals surface area contributed by atoms with E-state index in [2.05, 4.69) is 10.3 Å². The lowest BCUT2D eigenvalue weighted by Crippen LogP contribution is -2.20. The molecule has 1 N–H and O–H groups in total. The van der Waals surface area contributed by atoms with Gasteiger partial charge in [0.05, 0.1) is 10.7 Å². The Morgan fingerprint density at radius 3 is 2.75 bits per heavy atom. The van der Waals surface area contributed by atoms with Crippen molar-refractivity contribution in [1.82, 2.24) is 9.55 Å². The van der Waals surface area contributed by atoms with Gasteiger partial charge in [-0.25, -0.2) is 4.98 Å². The van der Waals surface area contributed by atoms with Gasteiger partial charge in [0.25, 0.3) is 11.5 Å². The average molecular weight is 312 g/mol. The molecule has 0 radical (unpaired) electrons. The first-order valence-corrected chi connectivity index (χ1v) is 6.60. The Morgan fingerprint density at radius 2 is 2.05 bits per heavy atom. The zero-order chi connectivity index (χ0) is 14.7. The van der Waals surface area contributed by atoms with Crippen LogP contribution in [0.5, 0.6) is 0 Å². The third kappa shape index (κ3) is 3.18. The molecule has 0 aliphatic heterocycles. The Bertz CT molecular complexity index is 713. The number of hydrogen-bond acceptors (Lipinski definition) is 3. The molecule has 104 valence electrons. The van der Waals surface area contributed by atoms with E-state index in [4.69, 9.17) is 23.2 Å². The molecule has 5 nitrogen and oxygen atoms in total. The molecule has 0 fully saturated rings. The quantitative estimate of drug-likeness (QED) is 0.886. The van der Waals surface area contributed by atoms with Crippen molar-refractivity contribution in [3.8, 4) is 0 Å². The van der Waals surface area contributed by atoms with Gasteiger partial charge in [0.1, 0.15) is 10.8 Å².